The highest BCUT2D eigenvalue weighted by Crippen LogP contribution is 2.31. The molecule has 6 nitrogen and oxygen atoms in total. The predicted molar refractivity (Wildman–Crippen MR) is 72.5 cm³/mol. The molecule has 9 heteroatoms. The number of sulfonamides is 1. The number of carbonyl (C=O) groups excluding carboxylic acids is 1. The molecule has 0 radical (unpaired) electrons. The number of primary amides is 1. The fourth-order valence-corrected chi connectivity index (χ4v) is 3.64. The number of nitrogens with two attached hydrogens (primary N) is 2. The van der Waals surface area contributed by atoms with Crippen LogP contribution in [0.25, 0.3) is 0 Å². The van der Waals surface area contributed by atoms with Gasteiger partial charge in [-0.1, -0.05) is 11.6 Å². The SMILES string of the molecule is CC(NS(=O)(=O)c1cc(Cl)cc(N)c1Br)C(N)=O. The van der Waals surface area contributed by atoms with Gasteiger partial charge in [0.15, 0.2) is 0 Å². The third-order valence-electron chi connectivity index (χ3n) is 2.08. The van der Waals surface area contributed by atoms with Crippen molar-refractivity contribution in [2.45, 2.75) is 17.9 Å². The molecule has 0 aliphatic carbocycles. The van der Waals surface area contributed by atoms with Crippen molar-refractivity contribution in [1.29, 1.82) is 0 Å². The summed E-state index contributed by atoms with van der Waals surface area (Å²) < 4.78 is 26.3. The van der Waals surface area contributed by atoms with Gasteiger partial charge in [0, 0.05) is 10.7 Å². The zero-order valence-electron chi connectivity index (χ0n) is 9.28. The lowest BCUT2D eigenvalue weighted by molar-refractivity contribution is -0.119. The zero-order valence-corrected chi connectivity index (χ0v) is 12.4. The first-order valence-corrected chi connectivity index (χ1v) is 7.36. The molecule has 1 aromatic rings. The number of carbonyl (C=O) groups is 1. The molecule has 0 saturated carbocycles. The molecule has 0 fully saturated rings. The van der Waals surface area contributed by atoms with E-state index >= 15 is 0 Å². The van der Waals surface area contributed by atoms with E-state index in [0.717, 1.165) is 0 Å². The molecule has 1 unspecified atom stereocenters. The van der Waals surface area contributed by atoms with Gasteiger partial charge in [-0.15, -0.1) is 0 Å². The van der Waals surface area contributed by atoms with Gasteiger partial charge < -0.3 is 11.5 Å². The number of benzene rings is 1. The van der Waals surface area contributed by atoms with Crippen LogP contribution in [0.1, 0.15) is 6.92 Å². The van der Waals surface area contributed by atoms with Crippen LogP contribution in [0, 0.1) is 0 Å². The topological polar surface area (TPSA) is 115 Å². The molecule has 1 aromatic carbocycles. The second-order valence-corrected chi connectivity index (χ2v) is 6.46. The lowest BCUT2D eigenvalue weighted by Crippen LogP contribution is -2.42. The van der Waals surface area contributed by atoms with Gasteiger partial charge in [-0.2, -0.15) is 4.72 Å². The van der Waals surface area contributed by atoms with E-state index in [1.807, 2.05) is 0 Å². The van der Waals surface area contributed by atoms with E-state index in [-0.39, 0.29) is 20.1 Å². The van der Waals surface area contributed by atoms with Crippen LogP contribution in [0.15, 0.2) is 21.5 Å². The molecule has 5 N–H and O–H groups in total. The van der Waals surface area contributed by atoms with Crippen molar-refractivity contribution in [2.75, 3.05) is 5.73 Å². The Kier molecular flexibility index (Phi) is 4.60. The Morgan fingerprint density at radius 2 is 2.06 bits per heavy atom. The molecule has 0 heterocycles. The highest BCUT2D eigenvalue weighted by Gasteiger charge is 2.24. The van der Waals surface area contributed by atoms with Gasteiger partial charge in [0.1, 0.15) is 0 Å². The first-order chi connectivity index (χ1) is 8.15. The molecule has 0 aromatic heterocycles. The Bertz CT molecular complexity index is 591. The van der Waals surface area contributed by atoms with Gasteiger partial charge in [-0.05, 0) is 35.0 Å². The highest BCUT2D eigenvalue weighted by atomic mass is 79.9. The van der Waals surface area contributed by atoms with Crippen molar-refractivity contribution >= 4 is 49.1 Å². The highest BCUT2D eigenvalue weighted by molar-refractivity contribution is 9.10. The summed E-state index contributed by atoms with van der Waals surface area (Å²) in [6, 6.07) is 1.59. The zero-order chi connectivity index (χ0) is 14.1. The molecule has 0 aliphatic rings. The Morgan fingerprint density at radius 1 is 1.50 bits per heavy atom. The summed E-state index contributed by atoms with van der Waals surface area (Å²) >= 11 is 8.80. The molecule has 100 valence electrons. The van der Waals surface area contributed by atoms with Crippen molar-refractivity contribution < 1.29 is 13.2 Å². The van der Waals surface area contributed by atoms with Crippen molar-refractivity contribution in [3.8, 4) is 0 Å². The molecule has 1 amide bonds. The first kappa shape index (κ1) is 15.2. The minimum Gasteiger partial charge on any atom is -0.398 e. The number of nitrogens with one attached hydrogen (secondary N) is 1. The molecule has 0 spiro atoms. The maximum Gasteiger partial charge on any atom is 0.242 e. The van der Waals surface area contributed by atoms with Crippen molar-refractivity contribution in [2.24, 2.45) is 5.73 Å². The Balaban J connectivity index is 3.25. The summed E-state index contributed by atoms with van der Waals surface area (Å²) in [5.74, 6) is -0.787. The lowest BCUT2D eigenvalue weighted by atomic mass is 10.3. The van der Waals surface area contributed by atoms with Crippen LogP contribution in [0.4, 0.5) is 5.69 Å². The molecular formula is C9H11BrClN3O3S. The van der Waals surface area contributed by atoms with Gasteiger partial charge in [-0.3, -0.25) is 4.79 Å². The summed E-state index contributed by atoms with van der Waals surface area (Å²) in [7, 11) is -3.94. The number of anilines is 1. The number of amides is 1. The van der Waals surface area contributed by atoms with Gasteiger partial charge in [0.25, 0.3) is 0 Å². The monoisotopic (exact) mass is 355 g/mol. The summed E-state index contributed by atoms with van der Waals surface area (Å²) in [5.41, 5.74) is 10.8. The van der Waals surface area contributed by atoms with Gasteiger partial charge in [0.05, 0.1) is 15.4 Å². The molecule has 1 rings (SSSR count). The van der Waals surface area contributed by atoms with E-state index in [9.17, 15) is 13.2 Å². The largest absolute Gasteiger partial charge is 0.398 e. The molecule has 0 bridgehead atoms. The third-order valence-corrected chi connectivity index (χ3v) is 5.01. The minimum atomic E-state index is -3.94. The minimum absolute atomic E-state index is 0.152. The Hall–Kier alpha value is -0.830. The van der Waals surface area contributed by atoms with E-state index < -0.39 is 22.0 Å². The maximum absolute atomic E-state index is 12.0. The number of rotatable bonds is 4. The summed E-state index contributed by atoms with van der Waals surface area (Å²) in [4.78, 5) is 10.7. The summed E-state index contributed by atoms with van der Waals surface area (Å²) in [6.07, 6.45) is 0. The second kappa shape index (κ2) is 5.43. The quantitative estimate of drug-likeness (QED) is 0.693. The van der Waals surface area contributed by atoms with Crippen LogP contribution >= 0.6 is 27.5 Å². The van der Waals surface area contributed by atoms with E-state index in [4.69, 9.17) is 23.1 Å². The molecule has 0 aliphatic heterocycles. The van der Waals surface area contributed by atoms with Gasteiger partial charge in [-0.25, -0.2) is 8.42 Å². The molecule has 0 saturated heterocycles. The standard InChI is InChI=1S/C9H11BrClN3O3S/c1-4(9(13)15)14-18(16,17)7-3-5(11)2-6(12)8(7)10/h2-4,14H,12H2,1H3,(H2,13,15). The van der Waals surface area contributed by atoms with Crippen molar-refractivity contribution in [3.05, 3.63) is 21.6 Å². The van der Waals surface area contributed by atoms with E-state index in [1.165, 1.54) is 19.1 Å². The number of hydrogen-bond acceptors (Lipinski definition) is 4. The van der Waals surface area contributed by atoms with E-state index in [1.54, 1.807) is 0 Å². The van der Waals surface area contributed by atoms with Crippen LogP contribution in [0.5, 0.6) is 0 Å². The van der Waals surface area contributed by atoms with E-state index in [0.29, 0.717) is 0 Å². The Morgan fingerprint density at radius 3 is 2.56 bits per heavy atom. The van der Waals surface area contributed by atoms with Crippen molar-refractivity contribution in [1.82, 2.24) is 4.72 Å². The fraction of sp³-hybridized carbons (Fsp3) is 0.222. The van der Waals surface area contributed by atoms with Crippen LogP contribution in [0.2, 0.25) is 5.02 Å². The predicted octanol–water partition coefficient (Wildman–Crippen LogP) is 0.837. The van der Waals surface area contributed by atoms with Crippen molar-refractivity contribution in [3.63, 3.8) is 0 Å². The number of halogens is 2. The third kappa shape index (κ3) is 3.35. The maximum atomic E-state index is 12.0. The first-order valence-electron chi connectivity index (χ1n) is 4.71. The average Bonchev–Trinajstić information content (AvgIpc) is 2.22. The number of nitrogen functional groups attached to an aromatic ring is 1. The summed E-state index contributed by atoms with van der Waals surface area (Å²) in [5, 5.41) is 0.169. The number of hydrogen-bond donors (Lipinski definition) is 3. The van der Waals surface area contributed by atoms with Gasteiger partial charge >= 0.3 is 0 Å². The summed E-state index contributed by atoms with van der Waals surface area (Å²) in [6.45, 7) is 1.34. The molecule has 18 heavy (non-hydrogen) atoms. The average molecular weight is 357 g/mol. The van der Waals surface area contributed by atoms with Gasteiger partial charge in [0.2, 0.25) is 15.9 Å². The smallest absolute Gasteiger partial charge is 0.242 e. The van der Waals surface area contributed by atoms with Crippen LogP contribution < -0.4 is 16.2 Å². The molecule has 1 atom stereocenters. The molecular weight excluding hydrogens is 346 g/mol. The van der Waals surface area contributed by atoms with Crippen LogP contribution in [-0.2, 0) is 14.8 Å². The second-order valence-electron chi connectivity index (χ2n) is 3.55. The Labute approximate surface area is 118 Å². The fourth-order valence-electron chi connectivity index (χ4n) is 1.13. The van der Waals surface area contributed by atoms with Crippen LogP contribution in [0.3, 0.4) is 0 Å². The van der Waals surface area contributed by atoms with E-state index in [2.05, 4.69) is 20.7 Å². The van der Waals surface area contributed by atoms with Crippen LogP contribution in [-0.4, -0.2) is 20.4 Å². The normalized spacial score (nSPS) is 13.3. The lowest BCUT2D eigenvalue weighted by Gasteiger charge is -2.13.